The average molecular weight is 321 g/mol. The lowest BCUT2D eigenvalue weighted by molar-refractivity contribution is 0.0951. The minimum absolute atomic E-state index is 0.000400. The number of rotatable bonds is 5. The van der Waals surface area contributed by atoms with Gasteiger partial charge in [-0.15, -0.1) is 22.7 Å². The van der Waals surface area contributed by atoms with E-state index in [9.17, 15) is 4.79 Å². The number of hydrogen-bond acceptors (Lipinski definition) is 5. The van der Waals surface area contributed by atoms with Crippen molar-refractivity contribution >= 4 is 28.6 Å². The Balaban J connectivity index is 1.45. The molecule has 0 aromatic carbocycles. The molecule has 3 heterocycles. The fourth-order valence-corrected chi connectivity index (χ4v) is 4.15. The second-order valence-electron chi connectivity index (χ2n) is 5.12. The van der Waals surface area contributed by atoms with Gasteiger partial charge in [0.1, 0.15) is 4.88 Å². The second-order valence-corrected chi connectivity index (χ2v) is 7.24. The van der Waals surface area contributed by atoms with Crippen molar-refractivity contribution in [1.29, 1.82) is 0 Å². The highest BCUT2D eigenvalue weighted by Crippen LogP contribution is 2.23. The van der Waals surface area contributed by atoms with E-state index in [4.69, 9.17) is 0 Å². The van der Waals surface area contributed by atoms with Crippen molar-refractivity contribution in [2.45, 2.75) is 26.3 Å². The van der Waals surface area contributed by atoms with E-state index >= 15 is 0 Å². The maximum atomic E-state index is 12.0. The van der Waals surface area contributed by atoms with Crippen LogP contribution in [0.15, 0.2) is 17.6 Å². The lowest BCUT2D eigenvalue weighted by atomic mass is 10.1. The van der Waals surface area contributed by atoms with Crippen molar-refractivity contribution in [2.24, 2.45) is 0 Å². The van der Waals surface area contributed by atoms with E-state index in [0.29, 0.717) is 11.4 Å². The lowest BCUT2D eigenvalue weighted by Gasteiger charge is -2.26. The van der Waals surface area contributed by atoms with Gasteiger partial charge in [0.15, 0.2) is 0 Å². The van der Waals surface area contributed by atoms with Crippen molar-refractivity contribution in [3.8, 4) is 0 Å². The fourth-order valence-electron chi connectivity index (χ4n) is 2.49. The molecule has 2 aromatic heterocycles. The molecule has 2 aromatic rings. The zero-order valence-electron chi connectivity index (χ0n) is 12.1. The molecule has 0 spiro atoms. The topological polar surface area (TPSA) is 45.2 Å². The highest BCUT2D eigenvalue weighted by atomic mass is 32.1. The summed E-state index contributed by atoms with van der Waals surface area (Å²) in [6.07, 6.45) is 3.70. The van der Waals surface area contributed by atoms with Gasteiger partial charge in [0.2, 0.25) is 0 Å². The molecular weight excluding hydrogens is 302 g/mol. The summed E-state index contributed by atoms with van der Waals surface area (Å²) in [5, 5.41) is 6.18. The fraction of sp³-hybridized carbons (Fsp3) is 0.467. The Labute approximate surface area is 132 Å². The van der Waals surface area contributed by atoms with Crippen molar-refractivity contribution in [3.05, 3.63) is 38.0 Å². The Kier molecular flexibility index (Phi) is 4.67. The highest BCUT2D eigenvalue weighted by Gasteiger charge is 2.17. The monoisotopic (exact) mass is 321 g/mol. The normalized spacial score (nSPS) is 14.9. The van der Waals surface area contributed by atoms with E-state index in [1.54, 1.807) is 6.20 Å². The van der Waals surface area contributed by atoms with Gasteiger partial charge in [-0.25, -0.2) is 4.98 Å². The first-order valence-electron chi connectivity index (χ1n) is 7.26. The van der Waals surface area contributed by atoms with Crippen LogP contribution in [-0.2, 0) is 19.4 Å². The molecule has 112 valence electrons. The average Bonchev–Trinajstić information content (AvgIpc) is 3.15. The molecule has 0 unspecified atom stereocenters. The third-order valence-corrected chi connectivity index (χ3v) is 5.84. The maximum absolute atomic E-state index is 12.0. The smallest absolute Gasteiger partial charge is 0.263 e. The number of thiazole rings is 1. The van der Waals surface area contributed by atoms with Crippen LogP contribution in [0.1, 0.15) is 32.0 Å². The second kappa shape index (κ2) is 6.68. The predicted molar refractivity (Wildman–Crippen MR) is 87.1 cm³/mol. The number of hydrogen-bond donors (Lipinski definition) is 1. The standard InChI is InChI=1S/C15H19N3OS2/c1-2-14-17-9-13(21-14)15(19)16-5-7-18-6-3-12-11(10-18)4-8-20-12/h4,8-9H,2-3,5-7,10H2,1H3,(H,16,19). The van der Waals surface area contributed by atoms with Crippen molar-refractivity contribution in [3.63, 3.8) is 0 Å². The van der Waals surface area contributed by atoms with E-state index in [1.807, 2.05) is 11.3 Å². The van der Waals surface area contributed by atoms with Gasteiger partial charge in [0.25, 0.3) is 5.91 Å². The van der Waals surface area contributed by atoms with Crippen LogP contribution in [0.4, 0.5) is 0 Å². The SMILES string of the molecule is CCc1ncc(C(=O)NCCN2CCc3sccc3C2)s1. The number of nitrogens with zero attached hydrogens (tertiary/aromatic N) is 2. The third kappa shape index (κ3) is 3.51. The Morgan fingerprint density at radius 1 is 1.52 bits per heavy atom. The number of fused-ring (bicyclic) bond motifs is 1. The number of aryl methyl sites for hydroxylation is 1. The first-order valence-corrected chi connectivity index (χ1v) is 8.96. The quantitative estimate of drug-likeness (QED) is 0.920. The van der Waals surface area contributed by atoms with E-state index in [0.717, 1.165) is 37.5 Å². The van der Waals surface area contributed by atoms with Gasteiger partial charge >= 0.3 is 0 Å². The van der Waals surface area contributed by atoms with Crippen LogP contribution in [0.5, 0.6) is 0 Å². The van der Waals surface area contributed by atoms with Crippen LogP contribution in [-0.4, -0.2) is 35.4 Å². The molecule has 21 heavy (non-hydrogen) atoms. The minimum Gasteiger partial charge on any atom is -0.350 e. The molecule has 1 aliphatic heterocycles. The van der Waals surface area contributed by atoms with Crippen molar-refractivity contribution in [2.75, 3.05) is 19.6 Å². The molecule has 0 bridgehead atoms. The van der Waals surface area contributed by atoms with Crippen LogP contribution in [0.2, 0.25) is 0 Å². The molecule has 4 nitrogen and oxygen atoms in total. The molecule has 6 heteroatoms. The van der Waals surface area contributed by atoms with Crippen LogP contribution in [0.3, 0.4) is 0 Å². The summed E-state index contributed by atoms with van der Waals surface area (Å²) in [5.74, 6) is 0.000400. The largest absolute Gasteiger partial charge is 0.350 e. The number of carbonyl (C=O) groups is 1. The lowest BCUT2D eigenvalue weighted by Crippen LogP contribution is -2.37. The summed E-state index contributed by atoms with van der Waals surface area (Å²) in [5.41, 5.74) is 1.45. The summed E-state index contributed by atoms with van der Waals surface area (Å²) in [6, 6.07) is 2.22. The summed E-state index contributed by atoms with van der Waals surface area (Å²) in [4.78, 5) is 20.9. The maximum Gasteiger partial charge on any atom is 0.263 e. The number of nitrogens with one attached hydrogen (secondary N) is 1. The first-order chi connectivity index (χ1) is 10.3. The molecule has 3 rings (SSSR count). The van der Waals surface area contributed by atoms with Crippen LogP contribution in [0.25, 0.3) is 0 Å². The Hall–Kier alpha value is -1.24. The number of aromatic nitrogens is 1. The minimum atomic E-state index is 0.000400. The van der Waals surface area contributed by atoms with Gasteiger partial charge < -0.3 is 5.32 Å². The molecule has 0 atom stereocenters. The molecule has 1 aliphatic rings. The van der Waals surface area contributed by atoms with Gasteiger partial charge in [0, 0.05) is 31.1 Å². The first kappa shape index (κ1) is 14.7. The number of amides is 1. The summed E-state index contributed by atoms with van der Waals surface area (Å²) >= 11 is 3.34. The number of thiophene rings is 1. The van der Waals surface area contributed by atoms with Crippen LogP contribution >= 0.6 is 22.7 Å². The predicted octanol–water partition coefficient (Wildman–Crippen LogP) is 2.56. The van der Waals surface area contributed by atoms with Crippen LogP contribution in [0, 0.1) is 0 Å². The molecule has 1 amide bonds. The van der Waals surface area contributed by atoms with Crippen molar-refractivity contribution in [1.82, 2.24) is 15.2 Å². The van der Waals surface area contributed by atoms with Gasteiger partial charge in [-0.2, -0.15) is 0 Å². The third-order valence-electron chi connectivity index (χ3n) is 3.68. The van der Waals surface area contributed by atoms with E-state index in [2.05, 4.69) is 33.6 Å². The Morgan fingerprint density at radius 3 is 3.24 bits per heavy atom. The highest BCUT2D eigenvalue weighted by molar-refractivity contribution is 7.13. The molecular formula is C15H19N3OS2. The summed E-state index contributed by atoms with van der Waals surface area (Å²) in [7, 11) is 0. The molecule has 0 radical (unpaired) electrons. The Bertz CT molecular complexity index is 620. The van der Waals surface area contributed by atoms with Gasteiger partial charge in [-0.3, -0.25) is 9.69 Å². The molecule has 0 saturated carbocycles. The van der Waals surface area contributed by atoms with Crippen LogP contribution < -0.4 is 5.32 Å². The van der Waals surface area contributed by atoms with Gasteiger partial charge in [-0.05, 0) is 29.9 Å². The molecule has 0 fully saturated rings. The van der Waals surface area contributed by atoms with E-state index < -0.39 is 0 Å². The van der Waals surface area contributed by atoms with E-state index in [1.165, 1.54) is 21.8 Å². The molecule has 1 N–H and O–H groups in total. The zero-order chi connectivity index (χ0) is 14.7. The number of carbonyl (C=O) groups excluding carboxylic acids is 1. The van der Waals surface area contributed by atoms with Crippen molar-refractivity contribution < 1.29 is 4.79 Å². The summed E-state index contributed by atoms with van der Waals surface area (Å²) < 4.78 is 0. The van der Waals surface area contributed by atoms with E-state index in [-0.39, 0.29) is 5.91 Å². The molecule has 0 saturated heterocycles. The molecule has 0 aliphatic carbocycles. The van der Waals surface area contributed by atoms with Gasteiger partial charge in [-0.1, -0.05) is 6.92 Å². The summed E-state index contributed by atoms with van der Waals surface area (Å²) in [6.45, 7) is 5.74. The zero-order valence-corrected chi connectivity index (χ0v) is 13.7. The Morgan fingerprint density at radius 2 is 2.43 bits per heavy atom. The van der Waals surface area contributed by atoms with Gasteiger partial charge in [0.05, 0.1) is 11.2 Å².